The Morgan fingerprint density at radius 3 is 2.53 bits per heavy atom. The van der Waals surface area contributed by atoms with Crippen molar-refractivity contribution in [2.75, 3.05) is 25.1 Å². The van der Waals surface area contributed by atoms with E-state index in [0.717, 1.165) is 19.4 Å². The maximum absolute atomic E-state index is 10.8. The van der Waals surface area contributed by atoms with Gasteiger partial charge in [-0.15, -0.1) is 0 Å². The fourth-order valence-electron chi connectivity index (χ4n) is 1.37. The minimum Gasteiger partial charge on any atom is -0.480 e. The molecule has 0 bridgehead atoms. The fraction of sp³-hybridized carbons (Fsp3) is 0.818. The van der Waals surface area contributed by atoms with Gasteiger partial charge in [-0.2, -0.15) is 11.8 Å². The van der Waals surface area contributed by atoms with Gasteiger partial charge in [-0.1, -0.05) is 6.42 Å². The van der Waals surface area contributed by atoms with Gasteiger partial charge in [-0.3, -0.25) is 4.79 Å². The van der Waals surface area contributed by atoms with Crippen LogP contribution in [0, 0.1) is 0 Å². The highest BCUT2D eigenvalue weighted by Crippen LogP contribution is 2.01. The number of hydrogen-bond acceptors (Lipinski definition) is 4. The lowest BCUT2D eigenvalue weighted by molar-refractivity contribution is -0.141. The van der Waals surface area contributed by atoms with Gasteiger partial charge in [0.2, 0.25) is 5.91 Å². The van der Waals surface area contributed by atoms with E-state index in [2.05, 4.69) is 16.9 Å². The van der Waals surface area contributed by atoms with Crippen molar-refractivity contribution in [3.05, 3.63) is 0 Å². The first kappa shape index (κ1) is 16.2. The van der Waals surface area contributed by atoms with Gasteiger partial charge in [0, 0.05) is 13.5 Å². The van der Waals surface area contributed by atoms with Crippen LogP contribution in [0.15, 0.2) is 0 Å². The van der Waals surface area contributed by atoms with Crippen molar-refractivity contribution in [1.29, 1.82) is 0 Å². The van der Waals surface area contributed by atoms with Crippen molar-refractivity contribution in [1.82, 2.24) is 10.6 Å². The summed E-state index contributed by atoms with van der Waals surface area (Å²) >= 11 is 1.84. The van der Waals surface area contributed by atoms with Gasteiger partial charge >= 0.3 is 5.97 Å². The molecule has 0 heterocycles. The molecule has 0 fully saturated rings. The summed E-state index contributed by atoms with van der Waals surface area (Å²) in [5.74, 6) is -0.154. The summed E-state index contributed by atoms with van der Waals surface area (Å²) in [4.78, 5) is 21.5. The number of aliphatic carboxylic acids is 1. The molecule has 0 saturated carbocycles. The molecule has 6 heteroatoms. The third kappa shape index (κ3) is 10.1. The molecule has 0 rings (SSSR count). The van der Waals surface area contributed by atoms with Gasteiger partial charge in [0.15, 0.2) is 0 Å². The summed E-state index contributed by atoms with van der Waals surface area (Å²) in [5, 5.41) is 14.3. The molecule has 1 atom stereocenters. The van der Waals surface area contributed by atoms with Crippen LogP contribution in [-0.2, 0) is 9.59 Å². The van der Waals surface area contributed by atoms with Gasteiger partial charge in [-0.05, 0) is 31.4 Å². The number of amides is 1. The third-order valence-corrected chi connectivity index (χ3v) is 2.92. The highest BCUT2D eigenvalue weighted by atomic mass is 32.2. The zero-order valence-electron chi connectivity index (χ0n) is 10.5. The Morgan fingerprint density at radius 1 is 1.29 bits per heavy atom. The van der Waals surface area contributed by atoms with Gasteiger partial charge < -0.3 is 15.7 Å². The van der Waals surface area contributed by atoms with Crippen LogP contribution in [0.25, 0.3) is 0 Å². The summed E-state index contributed by atoms with van der Waals surface area (Å²) in [7, 11) is 0. The van der Waals surface area contributed by atoms with Crippen LogP contribution in [0.1, 0.15) is 26.2 Å². The molecule has 0 aromatic heterocycles. The number of carbonyl (C=O) groups excluding carboxylic acids is 1. The normalized spacial score (nSPS) is 12.1. The summed E-state index contributed by atoms with van der Waals surface area (Å²) in [5.41, 5.74) is 0. The molecule has 1 unspecified atom stereocenters. The SMILES string of the molecule is CSCCCCCNCC(NC(C)=O)C(=O)O. The predicted octanol–water partition coefficient (Wildman–Crippen LogP) is 0.699. The van der Waals surface area contributed by atoms with E-state index < -0.39 is 12.0 Å². The lowest BCUT2D eigenvalue weighted by Gasteiger charge is -2.13. The van der Waals surface area contributed by atoms with Gasteiger partial charge in [0.1, 0.15) is 6.04 Å². The van der Waals surface area contributed by atoms with E-state index in [0.29, 0.717) is 0 Å². The molecule has 3 N–H and O–H groups in total. The molecule has 0 aromatic carbocycles. The molecule has 100 valence electrons. The lowest BCUT2D eigenvalue weighted by Crippen LogP contribution is -2.46. The molecule has 0 aliphatic carbocycles. The average Bonchev–Trinajstić information content (AvgIpc) is 2.25. The number of hydrogen-bond donors (Lipinski definition) is 3. The largest absolute Gasteiger partial charge is 0.480 e. The molecule has 17 heavy (non-hydrogen) atoms. The third-order valence-electron chi connectivity index (χ3n) is 2.23. The first-order valence-corrected chi connectivity index (χ1v) is 7.17. The maximum Gasteiger partial charge on any atom is 0.327 e. The van der Waals surface area contributed by atoms with Crippen molar-refractivity contribution < 1.29 is 14.7 Å². The molecule has 0 aliphatic rings. The maximum atomic E-state index is 10.8. The Balaban J connectivity index is 3.55. The summed E-state index contributed by atoms with van der Waals surface area (Å²) in [6.45, 7) is 2.38. The summed E-state index contributed by atoms with van der Waals surface area (Å²) in [6, 6.07) is -0.835. The number of nitrogens with one attached hydrogen (secondary N) is 2. The molecule has 0 radical (unpaired) electrons. The second kappa shape index (κ2) is 10.4. The molecular formula is C11H22N2O3S. The van der Waals surface area contributed by atoms with Crippen molar-refractivity contribution in [3.63, 3.8) is 0 Å². The Kier molecular flexibility index (Phi) is 9.95. The molecule has 0 saturated heterocycles. The minimum atomic E-state index is -1.00. The summed E-state index contributed by atoms with van der Waals surface area (Å²) < 4.78 is 0. The van der Waals surface area contributed by atoms with E-state index in [-0.39, 0.29) is 12.5 Å². The molecule has 1 amide bonds. The van der Waals surface area contributed by atoms with E-state index in [9.17, 15) is 9.59 Å². The second-order valence-electron chi connectivity index (χ2n) is 3.85. The Hall–Kier alpha value is -0.750. The number of thioether (sulfide) groups is 1. The Bertz CT molecular complexity index is 237. The monoisotopic (exact) mass is 262 g/mol. The Morgan fingerprint density at radius 2 is 2.00 bits per heavy atom. The zero-order chi connectivity index (χ0) is 13.1. The van der Waals surface area contributed by atoms with Gasteiger partial charge in [-0.25, -0.2) is 4.79 Å². The smallest absolute Gasteiger partial charge is 0.327 e. The van der Waals surface area contributed by atoms with Crippen LogP contribution >= 0.6 is 11.8 Å². The van der Waals surface area contributed by atoms with Crippen molar-refractivity contribution in [3.8, 4) is 0 Å². The number of carboxylic acids is 1. The van der Waals surface area contributed by atoms with Gasteiger partial charge in [0.25, 0.3) is 0 Å². The quantitative estimate of drug-likeness (QED) is 0.505. The molecule has 0 aromatic rings. The van der Waals surface area contributed by atoms with E-state index in [4.69, 9.17) is 5.11 Å². The standard InChI is InChI=1S/C11H22N2O3S/c1-9(14)13-10(11(15)16)8-12-6-4-3-5-7-17-2/h10,12H,3-8H2,1-2H3,(H,13,14)(H,15,16). The predicted molar refractivity (Wildman–Crippen MR) is 70.3 cm³/mol. The fourth-order valence-corrected chi connectivity index (χ4v) is 1.86. The second-order valence-corrected chi connectivity index (χ2v) is 4.83. The van der Waals surface area contributed by atoms with Crippen molar-refractivity contribution in [2.45, 2.75) is 32.2 Å². The number of carbonyl (C=O) groups is 2. The van der Waals surface area contributed by atoms with Crippen LogP contribution in [0.3, 0.4) is 0 Å². The van der Waals surface area contributed by atoms with Crippen LogP contribution < -0.4 is 10.6 Å². The van der Waals surface area contributed by atoms with E-state index in [1.807, 2.05) is 11.8 Å². The first-order valence-electron chi connectivity index (χ1n) is 5.77. The molecule has 0 aliphatic heterocycles. The van der Waals surface area contributed by atoms with E-state index >= 15 is 0 Å². The highest BCUT2D eigenvalue weighted by Gasteiger charge is 2.16. The minimum absolute atomic E-state index is 0.275. The number of unbranched alkanes of at least 4 members (excludes halogenated alkanes) is 2. The molecule has 5 nitrogen and oxygen atoms in total. The molecular weight excluding hydrogens is 240 g/mol. The van der Waals surface area contributed by atoms with Crippen LogP contribution in [0.2, 0.25) is 0 Å². The van der Waals surface area contributed by atoms with E-state index in [1.165, 1.54) is 19.1 Å². The van der Waals surface area contributed by atoms with Crippen molar-refractivity contribution >= 4 is 23.6 Å². The van der Waals surface area contributed by atoms with E-state index in [1.54, 1.807) is 0 Å². The number of rotatable bonds is 10. The van der Waals surface area contributed by atoms with Crippen LogP contribution in [0.4, 0.5) is 0 Å². The Labute approximate surface area is 107 Å². The number of carboxylic acid groups (broad SMARTS) is 1. The molecule has 0 spiro atoms. The van der Waals surface area contributed by atoms with Crippen molar-refractivity contribution in [2.24, 2.45) is 0 Å². The summed E-state index contributed by atoms with van der Waals surface area (Å²) in [6.07, 6.45) is 5.46. The topological polar surface area (TPSA) is 78.4 Å². The average molecular weight is 262 g/mol. The zero-order valence-corrected chi connectivity index (χ0v) is 11.3. The first-order chi connectivity index (χ1) is 8.07. The van der Waals surface area contributed by atoms with Crippen LogP contribution in [-0.4, -0.2) is 48.1 Å². The van der Waals surface area contributed by atoms with Gasteiger partial charge in [0.05, 0.1) is 0 Å². The lowest BCUT2D eigenvalue weighted by atomic mass is 10.2. The highest BCUT2D eigenvalue weighted by molar-refractivity contribution is 7.98. The van der Waals surface area contributed by atoms with Crippen LogP contribution in [0.5, 0.6) is 0 Å².